The summed E-state index contributed by atoms with van der Waals surface area (Å²) in [5.74, 6) is -0.821. The summed E-state index contributed by atoms with van der Waals surface area (Å²) in [6, 6.07) is 0. The zero-order valence-corrected chi connectivity index (χ0v) is 13.0. The molecule has 2 atom stereocenters. The molecule has 0 aromatic rings. The molecular formula is C13H16BrNO3S. The van der Waals surface area contributed by atoms with Crippen molar-refractivity contribution >= 4 is 38.9 Å². The molecule has 1 aliphatic heterocycles. The van der Waals surface area contributed by atoms with Crippen LogP contribution in [-0.2, 0) is 9.53 Å². The number of morpholine rings is 1. The van der Waals surface area contributed by atoms with E-state index in [0.717, 1.165) is 4.48 Å². The molecule has 6 heteroatoms. The Hall–Kier alpha value is -0.560. The summed E-state index contributed by atoms with van der Waals surface area (Å²) >= 11 is 8.84. The zero-order chi connectivity index (χ0) is 14.0. The number of allylic oxidation sites excluding steroid dienone is 2. The number of Topliss-reactive ketones (excluding diaryl/α,β-unsaturated/α-hetero) is 1. The lowest BCUT2D eigenvalue weighted by Gasteiger charge is -2.38. The predicted molar refractivity (Wildman–Crippen MR) is 80.3 cm³/mol. The normalized spacial score (nSPS) is 31.0. The first-order valence-electron chi connectivity index (χ1n) is 6.11. The molecule has 0 spiro atoms. The van der Waals surface area contributed by atoms with Gasteiger partial charge in [0.25, 0.3) is 0 Å². The number of aliphatic hydroxyl groups is 1. The highest BCUT2D eigenvalue weighted by atomic mass is 79.9. The summed E-state index contributed by atoms with van der Waals surface area (Å²) in [6.45, 7) is 4.00. The van der Waals surface area contributed by atoms with Gasteiger partial charge in [0.2, 0.25) is 0 Å². The molecule has 1 saturated heterocycles. The fourth-order valence-electron chi connectivity index (χ4n) is 2.23. The number of nitrogens with zero attached hydrogens (tertiary/aromatic N) is 1. The number of hydrogen-bond donors (Lipinski definition) is 1. The van der Waals surface area contributed by atoms with E-state index in [1.165, 1.54) is 13.0 Å². The summed E-state index contributed by atoms with van der Waals surface area (Å²) in [7, 11) is 0. The standard InChI is InChI=1S/C13H16BrNO3S/c1-9(16)13(17)3-2-10(14)8-11(13)12(19)15-4-6-18-7-5-15/h2-3,8,11,17H,4-7H2,1H3. The van der Waals surface area contributed by atoms with Gasteiger partial charge in [-0.15, -0.1) is 0 Å². The Morgan fingerprint density at radius 1 is 1.58 bits per heavy atom. The average molecular weight is 346 g/mol. The minimum atomic E-state index is -1.55. The van der Waals surface area contributed by atoms with Gasteiger partial charge in [-0.05, 0) is 19.1 Å². The van der Waals surface area contributed by atoms with Gasteiger partial charge in [0.05, 0.1) is 24.1 Å². The number of halogens is 1. The first kappa shape index (κ1) is 14.8. The van der Waals surface area contributed by atoms with Gasteiger partial charge in [-0.25, -0.2) is 0 Å². The fourth-order valence-corrected chi connectivity index (χ4v) is 3.06. The van der Waals surface area contributed by atoms with Crippen molar-refractivity contribution in [2.75, 3.05) is 26.3 Å². The van der Waals surface area contributed by atoms with Crippen LogP contribution in [0.2, 0.25) is 0 Å². The van der Waals surface area contributed by atoms with Crippen LogP contribution in [0.25, 0.3) is 0 Å². The molecule has 0 amide bonds. The predicted octanol–water partition coefficient (Wildman–Crippen LogP) is 1.43. The first-order valence-corrected chi connectivity index (χ1v) is 7.32. The molecule has 2 unspecified atom stereocenters. The van der Waals surface area contributed by atoms with E-state index in [-0.39, 0.29) is 5.78 Å². The molecule has 2 rings (SSSR count). The van der Waals surface area contributed by atoms with Gasteiger partial charge in [-0.1, -0.05) is 34.2 Å². The van der Waals surface area contributed by atoms with E-state index in [2.05, 4.69) is 15.9 Å². The van der Waals surface area contributed by atoms with E-state index in [1.807, 2.05) is 4.90 Å². The fraction of sp³-hybridized carbons (Fsp3) is 0.538. The van der Waals surface area contributed by atoms with Crippen molar-refractivity contribution in [1.29, 1.82) is 0 Å². The highest BCUT2D eigenvalue weighted by Crippen LogP contribution is 2.32. The second-order valence-electron chi connectivity index (χ2n) is 4.68. The smallest absolute Gasteiger partial charge is 0.166 e. The molecule has 0 radical (unpaired) electrons. The van der Waals surface area contributed by atoms with E-state index < -0.39 is 11.5 Å². The highest BCUT2D eigenvalue weighted by Gasteiger charge is 2.43. The molecule has 19 heavy (non-hydrogen) atoms. The van der Waals surface area contributed by atoms with Crippen molar-refractivity contribution in [2.45, 2.75) is 12.5 Å². The number of hydrogen-bond acceptors (Lipinski definition) is 4. The van der Waals surface area contributed by atoms with Crippen LogP contribution in [0.1, 0.15) is 6.92 Å². The minimum absolute atomic E-state index is 0.305. The molecule has 0 saturated carbocycles. The van der Waals surface area contributed by atoms with Crippen LogP contribution < -0.4 is 0 Å². The Balaban J connectivity index is 2.26. The third kappa shape index (κ3) is 2.97. The highest BCUT2D eigenvalue weighted by molar-refractivity contribution is 9.11. The van der Waals surface area contributed by atoms with E-state index in [4.69, 9.17) is 17.0 Å². The molecule has 0 aromatic heterocycles. The molecule has 104 valence electrons. The van der Waals surface area contributed by atoms with Crippen molar-refractivity contribution < 1.29 is 14.6 Å². The van der Waals surface area contributed by atoms with E-state index >= 15 is 0 Å². The lowest BCUT2D eigenvalue weighted by molar-refractivity contribution is -0.132. The topological polar surface area (TPSA) is 49.8 Å². The SMILES string of the molecule is CC(=O)C1(O)C=CC(Br)=CC1C(=S)N1CCOCC1. The van der Waals surface area contributed by atoms with Gasteiger partial charge >= 0.3 is 0 Å². The lowest BCUT2D eigenvalue weighted by atomic mass is 9.80. The Kier molecular flexibility index (Phi) is 4.55. The molecule has 1 aliphatic carbocycles. The van der Waals surface area contributed by atoms with Gasteiger partial charge in [0, 0.05) is 17.6 Å². The van der Waals surface area contributed by atoms with Gasteiger partial charge in [0.15, 0.2) is 11.4 Å². The maximum atomic E-state index is 11.8. The minimum Gasteiger partial charge on any atom is -0.378 e. The molecule has 1 fully saturated rings. The van der Waals surface area contributed by atoms with Crippen LogP contribution in [-0.4, -0.2) is 52.7 Å². The average Bonchev–Trinajstić information content (AvgIpc) is 2.41. The number of carbonyl (C=O) groups is 1. The van der Waals surface area contributed by atoms with Crippen molar-refractivity contribution in [3.05, 3.63) is 22.7 Å². The third-order valence-corrected chi connectivity index (χ3v) is 4.49. The molecule has 2 aliphatic rings. The first-order chi connectivity index (χ1) is 8.95. The summed E-state index contributed by atoms with van der Waals surface area (Å²) in [4.78, 5) is 14.4. The van der Waals surface area contributed by atoms with Crippen LogP contribution in [0, 0.1) is 5.92 Å². The van der Waals surface area contributed by atoms with Crippen LogP contribution in [0.3, 0.4) is 0 Å². The van der Waals surface area contributed by atoms with Crippen molar-refractivity contribution in [1.82, 2.24) is 4.90 Å². The Labute approximate surface area is 126 Å². The summed E-state index contributed by atoms with van der Waals surface area (Å²) < 4.78 is 6.11. The van der Waals surface area contributed by atoms with Crippen molar-refractivity contribution in [3.63, 3.8) is 0 Å². The number of carbonyl (C=O) groups excluding carboxylic acids is 1. The number of ketones is 1. The second kappa shape index (κ2) is 5.83. The summed E-state index contributed by atoms with van der Waals surface area (Å²) in [6.07, 6.45) is 4.98. The summed E-state index contributed by atoms with van der Waals surface area (Å²) in [5.41, 5.74) is -1.55. The molecular weight excluding hydrogens is 330 g/mol. The second-order valence-corrected chi connectivity index (χ2v) is 6.02. The molecule has 1 N–H and O–H groups in total. The lowest BCUT2D eigenvalue weighted by Crippen LogP contribution is -2.52. The van der Waals surface area contributed by atoms with Gasteiger partial charge in [-0.2, -0.15) is 0 Å². The monoisotopic (exact) mass is 345 g/mol. The molecule has 1 heterocycles. The van der Waals surface area contributed by atoms with Crippen molar-refractivity contribution in [2.24, 2.45) is 5.92 Å². The van der Waals surface area contributed by atoms with E-state index in [9.17, 15) is 9.90 Å². The van der Waals surface area contributed by atoms with E-state index in [0.29, 0.717) is 31.3 Å². The zero-order valence-electron chi connectivity index (χ0n) is 10.6. The van der Waals surface area contributed by atoms with Gasteiger partial charge < -0.3 is 14.7 Å². The molecule has 0 aromatic carbocycles. The Bertz CT molecular complexity index is 457. The van der Waals surface area contributed by atoms with Crippen LogP contribution in [0.5, 0.6) is 0 Å². The van der Waals surface area contributed by atoms with E-state index in [1.54, 1.807) is 12.2 Å². The Morgan fingerprint density at radius 3 is 2.79 bits per heavy atom. The number of rotatable bonds is 2. The maximum absolute atomic E-state index is 11.8. The Morgan fingerprint density at radius 2 is 2.21 bits per heavy atom. The van der Waals surface area contributed by atoms with Gasteiger partial charge in [0.1, 0.15) is 0 Å². The van der Waals surface area contributed by atoms with Gasteiger partial charge in [-0.3, -0.25) is 4.79 Å². The molecule has 4 nitrogen and oxygen atoms in total. The van der Waals surface area contributed by atoms with Crippen molar-refractivity contribution in [3.8, 4) is 0 Å². The largest absolute Gasteiger partial charge is 0.378 e. The quantitative estimate of drug-likeness (QED) is 0.767. The van der Waals surface area contributed by atoms with Crippen LogP contribution in [0.15, 0.2) is 22.7 Å². The van der Waals surface area contributed by atoms with Crippen LogP contribution >= 0.6 is 28.1 Å². The molecule has 0 bridgehead atoms. The summed E-state index contributed by atoms with van der Waals surface area (Å²) in [5, 5.41) is 10.6. The maximum Gasteiger partial charge on any atom is 0.166 e. The number of ether oxygens (including phenoxy) is 1. The third-order valence-electron chi connectivity index (χ3n) is 3.45. The van der Waals surface area contributed by atoms with Crippen LogP contribution in [0.4, 0.5) is 0 Å². The number of thiocarbonyl (C=S) groups is 1.